The molecule has 0 fully saturated rings. The van der Waals surface area contributed by atoms with E-state index in [0.29, 0.717) is 0 Å². The number of hydrogen-bond acceptors (Lipinski definition) is 1. The third-order valence-corrected chi connectivity index (χ3v) is 0.287. The van der Waals surface area contributed by atoms with Crippen LogP contribution >= 0.6 is 0 Å². The first-order valence-electron chi connectivity index (χ1n) is 2.82. The molecule has 0 aliphatic carbocycles. The topological polar surface area (TPSA) is 17.1 Å². The molecule has 0 rings (SSSR count). The van der Waals surface area contributed by atoms with E-state index < -0.39 is 0 Å². The predicted octanol–water partition coefficient (Wildman–Crippen LogP) is 2.44. The fraction of sp³-hybridized carbons (Fsp3) is 0.375. The Morgan fingerprint density at radius 3 is 1.40 bits per heavy atom. The van der Waals surface area contributed by atoms with Crippen molar-refractivity contribution in [2.24, 2.45) is 0 Å². The van der Waals surface area contributed by atoms with Crippen LogP contribution in [0.2, 0.25) is 0 Å². The molecule has 0 amide bonds. The van der Waals surface area contributed by atoms with Crippen LogP contribution < -0.4 is 0 Å². The second-order valence-corrected chi connectivity index (χ2v) is 0.815. The summed E-state index contributed by atoms with van der Waals surface area (Å²) in [5.74, 6) is 0.0185. The zero-order valence-corrected chi connectivity index (χ0v) is 10.3. The summed E-state index contributed by atoms with van der Waals surface area (Å²) in [5, 5.41) is 0. The van der Waals surface area contributed by atoms with E-state index >= 15 is 0 Å². The van der Waals surface area contributed by atoms with Gasteiger partial charge in [0, 0.05) is 0 Å². The minimum Gasteiger partial charge on any atom is -0.346 e. The molecule has 0 aliphatic heterocycles. The van der Waals surface area contributed by atoms with Gasteiger partial charge in [-0.05, 0) is 13.0 Å². The Balaban J connectivity index is -0.0000000315. The third kappa shape index (κ3) is 96.1. The summed E-state index contributed by atoms with van der Waals surface area (Å²) < 4.78 is 0. The van der Waals surface area contributed by atoms with Gasteiger partial charge in [-0.2, -0.15) is 13.8 Å². The van der Waals surface area contributed by atoms with E-state index in [0.717, 1.165) is 0 Å². The number of ketones is 1. The minimum absolute atomic E-state index is 0. The fourth-order valence-corrected chi connectivity index (χ4v) is 0. The van der Waals surface area contributed by atoms with Gasteiger partial charge in [0.1, 0.15) is 0 Å². The van der Waals surface area contributed by atoms with Crippen LogP contribution in [-0.4, -0.2) is 5.78 Å². The zero-order valence-electron chi connectivity index (χ0n) is 7.31. The van der Waals surface area contributed by atoms with Gasteiger partial charge >= 0.3 is 19.5 Å². The summed E-state index contributed by atoms with van der Waals surface area (Å²) in [4.78, 5) is 9.69. The maximum Gasteiger partial charge on any atom is 2.00 e. The van der Waals surface area contributed by atoms with Crippen molar-refractivity contribution in [3.63, 3.8) is 0 Å². The van der Waals surface area contributed by atoms with Crippen molar-refractivity contribution in [2.75, 3.05) is 0 Å². The Hall–Kier alpha value is 0.0334. The van der Waals surface area contributed by atoms with Crippen molar-refractivity contribution >= 4 is 5.78 Å². The normalized spacial score (nSPS) is 4.50. The average molecular weight is 194 g/mol. The van der Waals surface area contributed by atoms with Crippen LogP contribution in [-0.2, 0) is 24.3 Å². The summed E-state index contributed by atoms with van der Waals surface area (Å²) in [6.07, 6.45) is 1.28. The Morgan fingerprint density at radius 1 is 1.30 bits per heavy atom. The second-order valence-electron chi connectivity index (χ2n) is 0.815. The maximum absolute atomic E-state index is 9.69. The first-order chi connectivity index (χ1) is 4.27. The first kappa shape index (κ1) is 22.5. The second kappa shape index (κ2) is 35.8. The maximum atomic E-state index is 9.69. The summed E-state index contributed by atoms with van der Waals surface area (Å²) in [6.45, 7) is 14.7. The molecule has 1 nitrogen and oxygen atoms in total. The monoisotopic (exact) mass is 192 g/mol. The molecule has 56 valence electrons. The molecule has 0 unspecified atom stereocenters. The number of allylic oxidation sites excluding steroid dienone is 1. The molecule has 0 heterocycles. The van der Waals surface area contributed by atoms with Gasteiger partial charge in [-0.15, -0.1) is 0 Å². The molecule has 0 N–H and O–H groups in total. The molecule has 0 radical (unpaired) electrons. The van der Waals surface area contributed by atoms with Crippen LogP contribution in [0.15, 0.2) is 12.7 Å². The molecule has 0 saturated carbocycles. The summed E-state index contributed by atoms with van der Waals surface area (Å²) in [6, 6.07) is 0. The van der Waals surface area contributed by atoms with E-state index in [-0.39, 0.29) is 25.3 Å². The molecule has 0 aromatic carbocycles. The van der Waals surface area contributed by atoms with E-state index in [1.165, 1.54) is 13.0 Å². The molecule has 0 atom stereocenters. The van der Waals surface area contributed by atoms with Crippen molar-refractivity contribution in [3.8, 4) is 0 Å². The van der Waals surface area contributed by atoms with Crippen molar-refractivity contribution in [3.05, 3.63) is 26.5 Å². The number of rotatable bonds is 1. The summed E-state index contributed by atoms with van der Waals surface area (Å²) in [7, 11) is 0. The van der Waals surface area contributed by atoms with Crippen LogP contribution in [0, 0.1) is 13.8 Å². The van der Waals surface area contributed by atoms with Gasteiger partial charge in [-0.3, -0.25) is 4.79 Å². The van der Waals surface area contributed by atoms with Crippen molar-refractivity contribution < 1.29 is 24.3 Å². The molecule has 10 heavy (non-hydrogen) atoms. The van der Waals surface area contributed by atoms with Crippen molar-refractivity contribution in [2.45, 2.75) is 20.8 Å². The molecular formula is C8H16OZn. The molecule has 0 saturated heterocycles. The van der Waals surface area contributed by atoms with Crippen LogP contribution in [0.5, 0.6) is 0 Å². The smallest absolute Gasteiger partial charge is 0.346 e. The molecule has 0 aliphatic rings. The van der Waals surface area contributed by atoms with Gasteiger partial charge < -0.3 is 13.8 Å². The van der Waals surface area contributed by atoms with E-state index in [4.69, 9.17) is 0 Å². The van der Waals surface area contributed by atoms with Crippen molar-refractivity contribution in [1.29, 1.82) is 0 Å². The molecule has 0 bridgehead atoms. The largest absolute Gasteiger partial charge is 2.00 e. The minimum atomic E-state index is 0. The van der Waals surface area contributed by atoms with E-state index in [1.54, 1.807) is 13.8 Å². The average Bonchev–Trinajstić information content (AvgIpc) is 1.97. The number of hydrogen-bond donors (Lipinski definition) is 0. The predicted molar refractivity (Wildman–Crippen MR) is 42.9 cm³/mol. The summed E-state index contributed by atoms with van der Waals surface area (Å²) in [5.41, 5.74) is 0. The standard InChI is InChI=1S/C4H6O.2C2H5.Zn/c1-3-4(2)5;2*1-2;/h3H,1H2,2H3;2*1H2,2H3;/q;2*-1;+2. The number of carbonyl (C=O) groups excluding carboxylic acids is 1. The molecule has 0 aromatic heterocycles. The van der Waals surface area contributed by atoms with Gasteiger partial charge in [0.25, 0.3) is 0 Å². The van der Waals surface area contributed by atoms with Gasteiger partial charge in [0.15, 0.2) is 5.78 Å². The molecule has 2 heteroatoms. The Bertz CT molecular complexity index is 60.3. The Morgan fingerprint density at radius 2 is 1.40 bits per heavy atom. The molecule has 0 aromatic rings. The van der Waals surface area contributed by atoms with E-state index in [1.807, 2.05) is 0 Å². The quantitative estimate of drug-likeness (QED) is 0.355. The SMILES string of the molecule is C=CC(C)=O.[CH2-]C.[CH2-]C.[Zn+2]. The zero-order chi connectivity index (χ0) is 8.28. The first-order valence-corrected chi connectivity index (χ1v) is 2.82. The van der Waals surface area contributed by atoms with Crippen LogP contribution in [0.1, 0.15) is 20.8 Å². The van der Waals surface area contributed by atoms with Gasteiger partial charge in [0.05, 0.1) is 0 Å². The van der Waals surface area contributed by atoms with Gasteiger partial charge in [-0.1, -0.05) is 6.58 Å². The Labute approximate surface area is 77.7 Å². The van der Waals surface area contributed by atoms with Crippen LogP contribution in [0.3, 0.4) is 0 Å². The number of carbonyl (C=O) groups is 1. The Kier molecular flexibility index (Phi) is 80.6. The van der Waals surface area contributed by atoms with Crippen LogP contribution in [0.25, 0.3) is 0 Å². The fourth-order valence-electron chi connectivity index (χ4n) is 0. The van der Waals surface area contributed by atoms with Gasteiger partial charge in [0.2, 0.25) is 0 Å². The molecule has 0 spiro atoms. The van der Waals surface area contributed by atoms with Crippen molar-refractivity contribution in [1.82, 2.24) is 0 Å². The summed E-state index contributed by atoms with van der Waals surface area (Å²) >= 11 is 0. The third-order valence-electron chi connectivity index (χ3n) is 0.287. The van der Waals surface area contributed by atoms with E-state index in [2.05, 4.69) is 20.4 Å². The molecular weight excluding hydrogens is 177 g/mol. The van der Waals surface area contributed by atoms with Gasteiger partial charge in [-0.25, -0.2) is 0 Å². The van der Waals surface area contributed by atoms with E-state index in [9.17, 15) is 4.79 Å². The van der Waals surface area contributed by atoms with Crippen LogP contribution in [0.4, 0.5) is 0 Å².